The zero-order valence-corrected chi connectivity index (χ0v) is 16.3. The molecule has 1 aromatic carbocycles. The van der Waals surface area contributed by atoms with Crippen molar-refractivity contribution in [1.82, 2.24) is 15.1 Å². The predicted octanol–water partition coefficient (Wildman–Crippen LogP) is 1.92. The summed E-state index contributed by atoms with van der Waals surface area (Å²) in [6.45, 7) is 9.65. The highest BCUT2D eigenvalue weighted by Gasteiger charge is 2.22. The molecule has 6 nitrogen and oxygen atoms in total. The molecule has 0 unspecified atom stereocenters. The molecule has 1 aliphatic rings. The number of thiocarbonyl (C=S) groups is 1. The summed E-state index contributed by atoms with van der Waals surface area (Å²) in [7, 11) is 1.65. The highest BCUT2D eigenvalue weighted by molar-refractivity contribution is 7.80. The molecule has 0 atom stereocenters. The van der Waals surface area contributed by atoms with Crippen molar-refractivity contribution in [2.75, 3.05) is 45.2 Å². The molecule has 1 saturated heterocycles. The number of amides is 1. The van der Waals surface area contributed by atoms with Crippen LogP contribution in [0.25, 0.3) is 0 Å². The van der Waals surface area contributed by atoms with Gasteiger partial charge < -0.3 is 20.3 Å². The van der Waals surface area contributed by atoms with Gasteiger partial charge in [-0.1, -0.05) is 6.07 Å². The molecule has 1 aliphatic heterocycles. The van der Waals surface area contributed by atoms with Crippen LogP contribution >= 0.6 is 12.2 Å². The molecule has 2 rings (SSSR count). The molecule has 0 spiro atoms. The van der Waals surface area contributed by atoms with Gasteiger partial charge >= 0.3 is 0 Å². The summed E-state index contributed by atoms with van der Waals surface area (Å²) in [5.41, 5.74) is 0.720. The number of hydrogen-bond donors (Lipinski definition) is 2. The molecule has 0 aromatic heterocycles. The molecular weight excluding hydrogens is 336 g/mol. The Hall–Kier alpha value is -1.86. The number of carbonyl (C=O) groups is 1. The fourth-order valence-corrected chi connectivity index (χ4v) is 2.97. The van der Waals surface area contributed by atoms with Crippen molar-refractivity contribution >= 4 is 28.9 Å². The molecule has 0 radical (unpaired) electrons. The van der Waals surface area contributed by atoms with Gasteiger partial charge in [-0.15, -0.1) is 0 Å². The Balaban J connectivity index is 1.79. The standard InChI is InChI=1S/C18H28N4O2S/c1-18(2,3)20-16(23)13-21-8-10-22(11-9-21)17(25)19-14-6-5-7-15(12-14)24-4/h5-7,12H,8-11,13H2,1-4H3,(H,19,25)(H,20,23). The van der Waals surface area contributed by atoms with Crippen LogP contribution in [0.5, 0.6) is 5.75 Å². The molecule has 1 amide bonds. The summed E-state index contributed by atoms with van der Waals surface area (Å²) in [5, 5.41) is 6.95. The van der Waals surface area contributed by atoms with Crippen LogP contribution in [0.4, 0.5) is 5.69 Å². The minimum Gasteiger partial charge on any atom is -0.497 e. The number of ether oxygens (including phenoxy) is 1. The van der Waals surface area contributed by atoms with Crippen LogP contribution in [0.1, 0.15) is 20.8 Å². The van der Waals surface area contributed by atoms with Crippen molar-refractivity contribution in [3.05, 3.63) is 24.3 Å². The average Bonchev–Trinajstić information content (AvgIpc) is 2.53. The Labute approximate surface area is 155 Å². The zero-order valence-electron chi connectivity index (χ0n) is 15.5. The molecule has 25 heavy (non-hydrogen) atoms. The van der Waals surface area contributed by atoms with E-state index in [1.165, 1.54) is 0 Å². The first kappa shape index (κ1) is 19.5. The van der Waals surface area contributed by atoms with Gasteiger partial charge in [0, 0.05) is 43.5 Å². The summed E-state index contributed by atoms with van der Waals surface area (Å²) in [6.07, 6.45) is 0. The van der Waals surface area contributed by atoms with Gasteiger partial charge in [0.05, 0.1) is 13.7 Å². The third-order valence-electron chi connectivity index (χ3n) is 3.86. The smallest absolute Gasteiger partial charge is 0.234 e. The van der Waals surface area contributed by atoms with Gasteiger partial charge in [-0.25, -0.2) is 0 Å². The summed E-state index contributed by atoms with van der Waals surface area (Å²) in [4.78, 5) is 16.3. The maximum absolute atomic E-state index is 12.0. The molecule has 1 fully saturated rings. The largest absolute Gasteiger partial charge is 0.497 e. The summed E-state index contributed by atoms with van der Waals surface area (Å²) >= 11 is 5.51. The lowest BCUT2D eigenvalue weighted by Crippen LogP contribution is -2.53. The minimum absolute atomic E-state index is 0.0676. The average molecular weight is 365 g/mol. The van der Waals surface area contributed by atoms with Crippen LogP contribution in [-0.4, -0.2) is 66.2 Å². The van der Waals surface area contributed by atoms with Gasteiger partial charge in [-0.2, -0.15) is 0 Å². The number of anilines is 1. The van der Waals surface area contributed by atoms with E-state index in [-0.39, 0.29) is 11.4 Å². The van der Waals surface area contributed by atoms with Gasteiger partial charge in [-0.3, -0.25) is 9.69 Å². The van der Waals surface area contributed by atoms with Gasteiger partial charge in [0.1, 0.15) is 5.75 Å². The van der Waals surface area contributed by atoms with Crippen LogP contribution in [0.15, 0.2) is 24.3 Å². The van der Waals surface area contributed by atoms with Crippen LogP contribution in [-0.2, 0) is 4.79 Å². The first-order valence-electron chi connectivity index (χ1n) is 8.50. The third kappa shape index (κ3) is 6.51. The fraction of sp³-hybridized carbons (Fsp3) is 0.556. The van der Waals surface area contributed by atoms with E-state index in [9.17, 15) is 4.79 Å². The third-order valence-corrected chi connectivity index (χ3v) is 4.22. The van der Waals surface area contributed by atoms with Gasteiger partial charge in [0.2, 0.25) is 5.91 Å². The molecule has 7 heteroatoms. The fourth-order valence-electron chi connectivity index (χ4n) is 2.67. The molecule has 1 aromatic rings. The van der Waals surface area contributed by atoms with E-state index in [1.54, 1.807) is 7.11 Å². The van der Waals surface area contributed by atoms with Crippen molar-refractivity contribution in [1.29, 1.82) is 0 Å². The van der Waals surface area contributed by atoms with Gasteiger partial charge in [-0.05, 0) is 45.1 Å². The van der Waals surface area contributed by atoms with Crippen molar-refractivity contribution in [3.8, 4) is 5.75 Å². The number of rotatable bonds is 4. The van der Waals surface area contributed by atoms with Crippen molar-refractivity contribution in [2.24, 2.45) is 0 Å². The Morgan fingerprint density at radius 3 is 2.52 bits per heavy atom. The van der Waals surface area contributed by atoms with E-state index in [2.05, 4.69) is 20.4 Å². The Bertz CT molecular complexity index is 607. The monoisotopic (exact) mass is 364 g/mol. The molecule has 2 N–H and O–H groups in total. The van der Waals surface area contributed by atoms with E-state index >= 15 is 0 Å². The minimum atomic E-state index is -0.193. The Morgan fingerprint density at radius 1 is 1.24 bits per heavy atom. The van der Waals surface area contributed by atoms with E-state index < -0.39 is 0 Å². The summed E-state index contributed by atoms with van der Waals surface area (Å²) in [5.74, 6) is 0.862. The second-order valence-corrected chi connectivity index (χ2v) is 7.61. The number of nitrogens with one attached hydrogen (secondary N) is 2. The summed E-state index contributed by atoms with van der Waals surface area (Å²) < 4.78 is 5.23. The quantitative estimate of drug-likeness (QED) is 0.796. The number of piperazine rings is 1. The second-order valence-electron chi connectivity index (χ2n) is 7.22. The molecule has 0 saturated carbocycles. The normalized spacial score (nSPS) is 15.6. The topological polar surface area (TPSA) is 56.8 Å². The molecule has 0 aliphatic carbocycles. The molecule has 138 valence electrons. The van der Waals surface area contributed by atoms with Gasteiger partial charge in [0.15, 0.2) is 5.11 Å². The lowest BCUT2D eigenvalue weighted by Gasteiger charge is -2.36. The highest BCUT2D eigenvalue weighted by atomic mass is 32.1. The van der Waals surface area contributed by atoms with Crippen molar-refractivity contribution < 1.29 is 9.53 Å². The SMILES string of the molecule is COc1cccc(NC(=S)N2CCN(CC(=O)NC(C)(C)C)CC2)c1. The number of hydrogen-bond acceptors (Lipinski definition) is 4. The summed E-state index contributed by atoms with van der Waals surface area (Å²) in [6, 6.07) is 7.70. The predicted molar refractivity (Wildman–Crippen MR) is 105 cm³/mol. The number of carbonyl (C=O) groups excluding carboxylic acids is 1. The Morgan fingerprint density at radius 2 is 1.92 bits per heavy atom. The van der Waals surface area contributed by atoms with Gasteiger partial charge in [0.25, 0.3) is 0 Å². The zero-order chi connectivity index (χ0) is 18.4. The maximum atomic E-state index is 12.0. The van der Waals surface area contributed by atoms with Crippen LogP contribution in [0, 0.1) is 0 Å². The number of methoxy groups -OCH3 is 1. The first-order valence-corrected chi connectivity index (χ1v) is 8.91. The molecular formula is C18H28N4O2S. The van der Waals surface area contributed by atoms with Crippen LogP contribution < -0.4 is 15.4 Å². The Kier molecular flexibility index (Phi) is 6.61. The van der Waals surface area contributed by atoms with E-state index in [0.29, 0.717) is 11.7 Å². The molecule has 0 bridgehead atoms. The van der Waals surface area contributed by atoms with Crippen molar-refractivity contribution in [3.63, 3.8) is 0 Å². The lowest BCUT2D eigenvalue weighted by molar-refractivity contribution is -0.123. The first-order chi connectivity index (χ1) is 11.8. The van der Waals surface area contributed by atoms with Crippen molar-refractivity contribution in [2.45, 2.75) is 26.3 Å². The van der Waals surface area contributed by atoms with E-state index in [4.69, 9.17) is 17.0 Å². The lowest BCUT2D eigenvalue weighted by atomic mass is 10.1. The second kappa shape index (κ2) is 8.49. The van der Waals surface area contributed by atoms with E-state index in [0.717, 1.165) is 37.6 Å². The van der Waals surface area contributed by atoms with Crippen LogP contribution in [0.3, 0.4) is 0 Å². The maximum Gasteiger partial charge on any atom is 0.234 e. The number of nitrogens with zero attached hydrogens (tertiary/aromatic N) is 2. The molecule has 1 heterocycles. The van der Waals surface area contributed by atoms with Crippen LogP contribution in [0.2, 0.25) is 0 Å². The van der Waals surface area contributed by atoms with E-state index in [1.807, 2.05) is 45.0 Å². The highest BCUT2D eigenvalue weighted by Crippen LogP contribution is 2.17. The number of benzene rings is 1.